The molecule has 0 radical (unpaired) electrons. The summed E-state index contributed by atoms with van der Waals surface area (Å²) in [6.07, 6.45) is 2.54. The monoisotopic (exact) mass is 278 g/mol. The third kappa shape index (κ3) is 3.45. The molecule has 20 heavy (non-hydrogen) atoms. The van der Waals surface area contributed by atoms with Crippen LogP contribution in [0.15, 0.2) is 6.20 Å². The van der Waals surface area contributed by atoms with Gasteiger partial charge in [-0.05, 0) is 39.7 Å². The van der Waals surface area contributed by atoms with Crippen LogP contribution in [0.5, 0.6) is 0 Å². The molecule has 0 aliphatic carbocycles. The number of aryl methyl sites for hydroxylation is 1. The Hall–Kier alpha value is -1.69. The largest absolute Gasteiger partial charge is 0.478 e. The highest BCUT2D eigenvalue weighted by atomic mass is 16.4. The summed E-state index contributed by atoms with van der Waals surface area (Å²) in [6, 6.07) is 0.591. The maximum absolute atomic E-state index is 10.9. The van der Waals surface area contributed by atoms with E-state index in [9.17, 15) is 4.79 Å². The molecule has 1 atom stereocenters. The molecule has 1 unspecified atom stereocenters. The van der Waals surface area contributed by atoms with Crippen molar-refractivity contribution in [2.45, 2.75) is 33.2 Å². The molecule has 1 aliphatic rings. The highest BCUT2D eigenvalue weighted by molar-refractivity contribution is 5.88. The second-order valence-electron chi connectivity index (χ2n) is 5.62. The Balaban J connectivity index is 1.89. The number of carboxylic acids is 1. The first-order valence-corrected chi connectivity index (χ1v) is 7.02. The summed E-state index contributed by atoms with van der Waals surface area (Å²) < 4.78 is 0. The summed E-state index contributed by atoms with van der Waals surface area (Å²) >= 11 is 0. The number of nitrogens with one attached hydrogen (secondary N) is 1. The maximum atomic E-state index is 10.9. The molecule has 2 heterocycles. The number of anilines is 1. The van der Waals surface area contributed by atoms with Crippen LogP contribution >= 0.6 is 0 Å². The van der Waals surface area contributed by atoms with Crippen molar-refractivity contribution >= 4 is 11.9 Å². The highest BCUT2D eigenvalue weighted by Crippen LogP contribution is 2.18. The van der Waals surface area contributed by atoms with Crippen LogP contribution in [0.3, 0.4) is 0 Å². The zero-order chi connectivity index (χ0) is 14.7. The lowest BCUT2D eigenvalue weighted by Crippen LogP contribution is -2.29. The Labute approximate surface area is 119 Å². The predicted molar refractivity (Wildman–Crippen MR) is 77.0 cm³/mol. The van der Waals surface area contributed by atoms with Gasteiger partial charge in [-0.3, -0.25) is 0 Å². The molecule has 1 aromatic rings. The van der Waals surface area contributed by atoms with Crippen LogP contribution in [0.2, 0.25) is 0 Å². The number of likely N-dealkylation sites (tertiary alicyclic amines) is 1. The first kappa shape index (κ1) is 14.7. The van der Waals surface area contributed by atoms with Gasteiger partial charge in [-0.1, -0.05) is 0 Å². The molecule has 0 bridgehead atoms. The number of rotatable bonds is 5. The third-order valence-electron chi connectivity index (χ3n) is 3.81. The lowest BCUT2D eigenvalue weighted by Gasteiger charge is -2.20. The van der Waals surface area contributed by atoms with Crippen molar-refractivity contribution in [3.05, 3.63) is 17.5 Å². The topological polar surface area (TPSA) is 78.4 Å². The fourth-order valence-electron chi connectivity index (χ4n) is 2.50. The minimum absolute atomic E-state index is 0.155. The number of hydrogen-bond donors (Lipinski definition) is 2. The van der Waals surface area contributed by atoms with E-state index in [2.05, 4.69) is 34.0 Å². The fraction of sp³-hybridized carbons (Fsp3) is 0.643. The van der Waals surface area contributed by atoms with E-state index in [1.807, 2.05) is 0 Å². The molecule has 2 N–H and O–H groups in total. The lowest BCUT2D eigenvalue weighted by molar-refractivity contribution is 0.0695. The third-order valence-corrected chi connectivity index (χ3v) is 3.81. The molecule has 0 saturated carbocycles. The van der Waals surface area contributed by atoms with Crippen molar-refractivity contribution in [3.8, 4) is 0 Å². The van der Waals surface area contributed by atoms with Crippen molar-refractivity contribution in [2.75, 3.05) is 25.0 Å². The van der Waals surface area contributed by atoms with Crippen molar-refractivity contribution in [1.29, 1.82) is 0 Å². The minimum Gasteiger partial charge on any atom is -0.478 e. The van der Waals surface area contributed by atoms with Crippen LogP contribution in [0.4, 0.5) is 5.95 Å². The predicted octanol–water partition coefficient (Wildman–Crippen LogP) is 1.63. The number of hydrogen-bond acceptors (Lipinski definition) is 5. The quantitative estimate of drug-likeness (QED) is 0.852. The van der Waals surface area contributed by atoms with Crippen LogP contribution < -0.4 is 5.32 Å². The SMILES string of the molecule is Cc1nc(NCC2CCN(C(C)C)C2)ncc1C(=O)O. The molecule has 6 heteroatoms. The van der Waals surface area contributed by atoms with Gasteiger partial charge >= 0.3 is 5.97 Å². The van der Waals surface area contributed by atoms with Gasteiger partial charge in [0.2, 0.25) is 5.95 Å². The van der Waals surface area contributed by atoms with E-state index in [4.69, 9.17) is 5.11 Å². The molecule has 6 nitrogen and oxygen atoms in total. The van der Waals surface area contributed by atoms with Gasteiger partial charge in [-0.2, -0.15) is 0 Å². The van der Waals surface area contributed by atoms with Crippen molar-refractivity contribution in [2.24, 2.45) is 5.92 Å². The van der Waals surface area contributed by atoms with E-state index in [-0.39, 0.29) is 5.56 Å². The molecular weight excluding hydrogens is 256 g/mol. The summed E-state index contributed by atoms with van der Waals surface area (Å²) in [5.74, 6) is 0.119. The Morgan fingerprint density at radius 3 is 2.90 bits per heavy atom. The average Bonchev–Trinajstić information content (AvgIpc) is 2.85. The Kier molecular flexibility index (Phi) is 4.54. The number of aromatic carboxylic acids is 1. The summed E-state index contributed by atoms with van der Waals surface area (Å²) in [4.78, 5) is 21.6. The van der Waals surface area contributed by atoms with Gasteiger partial charge in [-0.25, -0.2) is 14.8 Å². The van der Waals surface area contributed by atoms with E-state index in [1.165, 1.54) is 12.6 Å². The minimum atomic E-state index is -0.989. The van der Waals surface area contributed by atoms with Crippen LogP contribution in [0.25, 0.3) is 0 Å². The van der Waals surface area contributed by atoms with Gasteiger partial charge in [0, 0.05) is 25.3 Å². The highest BCUT2D eigenvalue weighted by Gasteiger charge is 2.24. The van der Waals surface area contributed by atoms with Gasteiger partial charge in [0.25, 0.3) is 0 Å². The zero-order valence-corrected chi connectivity index (χ0v) is 12.3. The zero-order valence-electron chi connectivity index (χ0n) is 12.3. The van der Waals surface area contributed by atoms with Gasteiger partial charge in [0.15, 0.2) is 0 Å². The number of carbonyl (C=O) groups is 1. The summed E-state index contributed by atoms with van der Waals surface area (Å²) in [5, 5.41) is 12.1. The Bertz CT molecular complexity index is 490. The van der Waals surface area contributed by atoms with Crippen LogP contribution in [0.1, 0.15) is 36.3 Å². The summed E-state index contributed by atoms with van der Waals surface area (Å²) in [6.45, 7) is 9.18. The van der Waals surface area contributed by atoms with Gasteiger partial charge in [0.1, 0.15) is 0 Å². The fourth-order valence-corrected chi connectivity index (χ4v) is 2.50. The molecule has 0 amide bonds. The average molecular weight is 278 g/mol. The lowest BCUT2D eigenvalue weighted by atomic mass is 10.1. The second-order valence-corrected chi connectivity index (χ2v) is 5.62. The van der Waals surface area contributed by atoms with E-state index >= 15 is 0 Å². The molecule has 1 saturated heterocycles. The summed E-state index contributed by atoms with van der Waals surface area (Å²) in [5.41, 5.74) is 0.646. The van der Waals surface area contributed by atoms with Crippen LogP contribution in [-0.2, 0) is 0 Å². The van der Waals surface area contributed by atoms with Crippen molar-refractivity contribution in [1.82, 2.24) is 14.9 Å². The maximum Gasteiger partial charge on any atom is 0.339 e. The Morgan fingerprint density at radius 1 is 1.60 bits per heavy atom. The smallest absolute Gasteiger partial charge is 0.339 e. The number of carboxylic acid groups (broad SMARTS) is 1. The molecule has 2 rings (SSSR count). The van der Waals surface area contributed by atoms with E-state index < -0.39 is 5.97 Å². The molecule has 1 aromatic heterocycles. The number of nitrogens with zero attached hydrogens (tertiary/aromatic N) is 3. The van der Waals surface area contributed by atoms with Crippen molar-refractivity contribution < 1.29 is 9.90 Å². The van der Waals surface area contributed by atoms with E-state index in [1.54, 1.807) is 6.92 Å². The van der Waals surface area contributed by atoms with Gasteiger partial charge < -0.3 is 15.3 Å². The van der Waals surface area contributed by atoms with Crippen LogP contribution in [-0.4, -0.2) is 51.6 Å². The van der Waals surface area contributed by atoms with Gasteiger partial charge in [-0.15, -0.1) is 0 Å². The van der Waals surface area contributed by atoms with Gasteiger partial charge in [0.05, 0.1) is 11.3 Å². The Morgan fingerprint density at radius 2 is 2.35 bits per heavy atom. The van der Waals surface area contributed by atoms with E-state index in [0.29, 0.717) is 23.6 Å². The second kappa shape index (κ2) is 6.17. The number of aromatic nitrogens is 2. The standard InChI is InChI=1S/C14H22N4O2/c1-9(2)18-5-4-11(8-18)6-15-14-16-7-12(13(19)20)10(3)17-14/h7,9,11H,4-6,8H2,1-3H3,(H,19,20)(H,15,16,17). The molecule has 0 aromatic carbocycles. The molecular formula is C14H22N4O2. The summed E-state index contributed by atoms with van der Waals surface area (Å²) in [7, 11) is 0. The first-order valence-electron chi connectivity index (χ1n) is 7.02. The van der Waals surface area contributed by atoms with Crippen LogP contribution in [0, 0.1) is 12.8 Å². The molecule has 1 fully saturated rings. The normalized spacial score (nSPS) is 19.5. The molecule has 1 aliphatic heterocycles. The first-order chi connectivity index (χ1) is 9.47. The molecule has 0 spiro atoms. The van der Waals surface area contributed by atoms with E-state index in [0.717, 1.165) is 19.6 Å². The molecule has 110 valence electrons. The van der Waals surface area contributed by atoms with Crippen molar-refractivity contribution in [3.63, 3.8) is 0 Å².